The number of aliphatic hydroxyl groups is 1. The third kappa shape index (κ3) is 5.55. The molecule has 0 bridgehead atoms. The van der Waals surface area contributed by atoms with Crippen LogP contribution in [-0.4, -0.2) is 37.2 Å². The average Bonchev–Trinajstić information content (AvgIpc) is 2.64. The number of rotatable bonds is 7. The molecule has 0 radical (unpaired) electrons. The van der Waals surface area contributed by atoms with E-state index in [0.717, 1.165) is 43.3 Å². The minimum absolute atomic E-state index is 0.146. The van der Waals surface area contributed by atoms with Gasteiger partial charge in [0.05, 0.1) is 34.4 Å². The summed E-state index contributed by atoms with van der Waals surface area (Å²) in [5, 5.41) is 21.5. The zero-order valence-electron chi connectivity index (χ0n) is 15.5. The summed E-state index contributed by atoms with van der Waals surface area (Å²) in [5.74, 6) is -2.67. The molecule has 30 heavy (non-hydrogen) atoms. The molecule has 0 aliphatic heterocycles. The molecule has 1 atom stereocenters. The van der Waals surface area contributed by atoms with Gasteiger partial charge >= 0.3 is 6.18 Å². The predicted molar refractivity (Wildman–Crippen MR) is 98.7 cm³/mol. The van der Waals surface area contributed by atoms with E-state index < -0.39 is 56.6 Å². The van der Waals surface area contributed by atoms with Gasteiger partial charge in [0.15, 0.2) is 15.6 Å². The molecule has 0 fully saturated rings. The third-order valence-electron chi connectivity index (χ3n) is 4.14. The molecule has 160 valence electrons. The van der Waals surface area contributed by atoms with Gasteiger partial charge in [0.1, 0.15) is 11.4 Å². The van der Waals surface area contributed by atoms with Crippen molar-refractivity contribution < 1.29 is 35.9 Å². The number of carbonyl (C=O) groups is 1. The minimum atomic E-state index is -4.79. The Kier molecular flexibility index (Phi) is 6.54. The van der Waals surface area contributed by atoms with E-state index in [1.165, 1.54) is 6.07 Å². The van der Waals surface area contributed by atoms with Gasteiger partial charge in [-0.15, -0.1) is 0 Å². The number of alkyl halides is 3. The molecule has 0 saturated carbocycles. The van der Waals surface area contributed by atoms with Crippen LogP contribution in [0.5, 0.6) is 0 Å². The molecule has 0 aliphatic carbocycles. The van der Waals surface area contributed by atoms with Crippen molar-refractivity contribution in [1.29, 1.82) is 5.26 Å². The number of halogens is 4. The number of hydrogen-bond acceptors (Lipinski definition) is 6. The van der Waals surface area contributed by atoms with Crippen LogP contribution in [0.2, 0.25) is 0 Å². The third-order valence-corrected chi connectivity index (χ3v) is 6.08. The van der Waals surface area contributed by atoms with E-state index in [2.05, 4.69) is 5.32 Å². The average molecular weight is 444 g/mol. The fourth-order valence-electron chi connectivity index (χ4n) is 2.53. The van der Waals surface area contributed by atoms with Gasteiger partial charge in [-0.05, 0) is 49.4 Å². The molecule has 0 aliphatic rings. The van der Waals surface area contributed by atoms with Crippen molar-refractivity contribution in [2.24, 2.45) is 0 Å². The number of nitrogens with zero attached hydrogens (tertiary/aromatic N) is 1. The SMILES string of the molecule is CC(O)(CS(=O)(=O)c1ccc(F)cc1)C(=O)CNc1ccc(C#N)c(C(F)(F)F)c1. The van der Waals surface area contributed by atoms with Crippen LogP contribution in [0.3, 0.4) is 0 Å². The Morgan fingerprint density at radius 2 is 1.77 bits per heavy atom. The molecule has 0 heterocycles. The first kappa shape index (κ1) is 23.3. The van der Waals surface area contributed by atoms with Crippen LogP contribution >= 0.6 is 0 Å². The summed E-state index contributed by atoms with van der Waals surface area (Å²) in [6, 6.07) is 7.91. The summed E-state index contributed by atoms with van der Waals surface area (Å²) in [5.41, 5.74) is -4.31. The van der Waals surface area contributed by atoms with Gasteiger partial charge in [-0.1, -0.05) is 0 Å². The number of ketones is 1. The number of nitriles is 1. The van der Waals surface area contributed by atoms with Gasteiger partial charge < -0.3 is 10.4 Å². The molecule has 0 saturated heterocycles. The molecular weight excluding hydrogens is 428 g/mol. The van der Waals surface area contributed by atoms with Gasteiger partial charge in [-0.25, -0.2) is 12.8 Å². The Bertz CT molecular complexity index is 1090. The van der Waals surface area contributed by atoms with E-state index >= 15 is 0 Å². The molecule has 1 unspecified atom stereocenters. The first-order valence-electron chi connectivity index (χ1n) is 8.35. The maximum absolute atomic E-state index is 13.0. The maximum atomic E-state index is 13.0. The lowest BCUT2D eigenvalue weighted by molar-refractivity contribution is -0.137. The van der Waals surface area contributed by atoms with Crippen LogP contribution < -0.4 is 5.32 Å². The summed E-state index contributed by atoms with van der Waals surface area (Å²) >= 11 is 0. The smallest absolute Gasteiger partial charge is 0.381 e. The van der Waals surface area contributed by atoms with Gasteiger partial charge in [-0.2, -0.15) is 18.4 Å². The van der Waals surface area contributed by atoms with Crippen molar-refractivity contribution >= 4 is 21.3 Å². The van der Waals surface area contributed by atoms with Crippen molar-refractivity contribution in [3.05, 3.63) is 59.4 Å². The zero-order valence-corrected chi connectivity index (χ0v) is 16.3. The van der Waals surface area contributed by atoms with E-state index in [9.17, 15) is 35.9 Å². The fourth-order valence-corrected chi connectivity index (χ4v) is 4.15. The number of nitrogens with one attached hydrogen (secondary N) is 1. The minimum Gasteiger partial charge on any atom is -0.381 e. The second kappa shape index (κ2) is 8.41. The van der Waals surface area contributed by atoms with Crippen molar-refractivity contribution in [3.8, 4) is 6.07 Å². The molecular formula is C19H16F4N2O4S. The quantitative estimate of drug-likeness (QED) is 0.502. The molecule has 0 spiro atoms. The Balaban J connectivity index is 2.13. The van der Waals surface area contributed by atoms with E-state index in [0.29, 0.717) is 6.07 Å². The molecule has 6 nitrogen and oxygen atoms in total. The number of Topliss-reactive ketones (excluding diaryl/α,β-unsaturated/α-hetero) is 1. The lowest BCUT2D eigenvalue weighted by Gasteiger charge is -2.22. The van der Waals surface area contributed by atoms with Crippen LogP contribution in [0.4, 0.5) is 23.2 Å². The van der Waals surface area contributed by atoms with E-state index in [4.69, 9.17) is 5.26 Å². The number of anilines is 1. The standard InChI is InChI=1S/C19H16F4N2O4S/c1-18(27,11-30(28,29)15-6-3-13(20)4-7-15)17(26)10-25-14-5-2-12(9-24)16(8-14)19(21,22)23/h2-8,25,27H,10-11H2,1H3. The van der Waals surface area contributed by atoms with Crippen LogP contribution in [-0.2, 0) is 20.8 Å². The van der Waals surface area contributed by atoms with Crippen molar-refractivity contribution in [1.82, 2.24) is 0 Å². The number of carbonyl (C=O) groups excluding carboxylic acids is 1. The lowest BCUT2D eigenvalue weighted by atomic mass is 10.0. The Morgan fingerprint density at radius 1 is 1.17 bits per heavy atom. The fraction of sp³-hybridized carbons (Fsp3) is 0.263. The van der Waals surface area contributed by atoms with Crippen LogP contribution in [0, 0.1) is 17.1 Å². The summed E-state index contributed by atoms with van der Waals surface area (Å²) in [6.45, 7) is 0.285. The van der Waals surface area contributed by atoms with Crippen LogP contribution in [0.25, 0.3) is 0 Å². The van der Waals surface area contributed by atoms with Crippen molar-refractivity contribution in [3.63, 3.8) is 0 Å². The normalized spacial score (nSPS) is 13.9. The Hall–Kier alpha value is -2.97. The summed E-state index contributed by atoms with van der Waals surface area (Å²) in [4.78, 5) is 12.0. The van der Waals surface area contributed by atoms with E-state index in [-0.39, 0.29) is 10.6 Å². The highest BCUT2D eigenvalue weighted by Crippen LogP contribution is 2.33. The highest BCUT2D eigenvalue weighted by molar-refractivity contribution is 7.91. The maximum Gasteiger partial charge on any atom is 0.417 e. The molecule has 11 heteroatoms. The number of benzene rings is 2. The van der Waals surface area contributed by atoms with E-state index in [1.807, 2.05) is 0 Å². The zero-order chi connectivity index (χ0) is 22.7. The molecule has 2 rings (SSSR count). The first-order chi connectivity index (χ1) is 13.8. The van der Waals surface area contributed by atoms with E-state index in [1.54, 1.807) is 0 Å². The Labute approximate surface area is 169 Å². The molecule has 0 amide bonds. The van der Waals surface area contributed by atoms with Gasteiger partial charge in [0.25, 0.3) is 0 Å². The molecule has 2 N–H and O–H groups in total. The van der Waals surface area contributed by atoms with Crippen molar-refractivity contribution in [2.75, 3.05) is 17.6 Å². The second-order valence-electron chi connectivity index (χ2n) is 6.63. The van der Waals surface area contributed by atoms with Gasteiger partial charge in [-0.3, -0.25) is 4.79 Å². The highest BCUT2D eigenvalue weighted by atomic mass is 32.2. The molecule has 2 aromatic rings. The van der Waals surface area contributed by atoms with Crippen LogP contribution in [0.15, 0.2) is 47.4 Å². The highest BCUT2D eigenvalue weighted by Gasteiger charge is 2.37. The van der Waals surface area contributed by atoms with Gasteiger partial charge in [0, 0.05) is 5.69 Å². The van der Waals surface area contributed by atoms with Gasteiger partial charge in [0.2, 0.25) is 0 Å². The first-order valence-corrected chi connectivity index (χ1v) is 10.0. The monoisotopic (exact) mass is 444 g/mol. The largest absolute Gasteiger partial charge is 0.417 e. The summed E-state index contributed by atoms with van der Waals surface area (Å²) in [7, 11) is -4.15. The number of sulfone groups is 1. The molecule has 2 aromatic carbocycles. The molecule has 0 aromatic heterocycles. The van der Waals surface area contributed by atoms with Crippen LogP contribution in [0.1, 0.15) is 18.1 Å². The predicted octanol–water partition coefficient (Wildman–Crippen LogP) is 2.92. The van der Waals surface area contributed by atoms with Crippen molar-refractivity contribution in [2.45, 2.75) is 23.6 Å². The second-order valence-corrected chi connectivity index (χ2v) is 8.62. The summed E-state index contributed by atoms with van der Waals surface area (Å²) < 4.78 is 76.7. The summed E-state index contributed by atoms with van der Waals surface area (Å²) in [6.07, 6.45) is -4.79. The lowest BCUT2D eigenvalue weighted by Crippen LogP contribution is -2.45. The number of hydrogen-bond donors (Lipinski definition) is 2. The Morgan fingerprint density at radius 3 is 2.30 bits per heavy atom. The topological polar surface area (TPSA) is 107 Å².